The summed E-state index contributed by atoms with van der Waals surface area (Å²) < 4.78 is 15.9. The highest BCUT2D eigenvalue weighted by atomic mass is 16.5. The van der Waals surface area contributed by atoms with Crippen LogP contribution >= 0.6 is 0 Å². The first-order valence-corrected chi connectivity index (χ1v) is 14.3. The molecule has 0 radical (unpaired) electrons. The molecule has 1 N–H and O–H groups in total. The van der Waals surface area contributed by atoms with Crippen LogP contribution in [0, 0.1) is 0 Å². The predicted octanol–water partition coefficient (Wildman–Crippen LogP) is 4.67. The minimum absolute atomic E-state index is 0.140. The molecule has 0 amide bonds. The number of benzene rings is 2. The molecule has 5 heterocycles. The lowest BCUT2D eigenvalue weighted by atomic mass is 10.0. The Morgan fingerprint density at radius 3 is 2.76 bits per heavy atom. The molecule has 2 aliphatic rings. The molecule has 1 saturated heterocycles. The van der Waals surface area contributed by atoms with Crippen molar-refractivity contribution in [2.75, 3.05) is 19.7 Å². The van der Waals surface area contributed by atoms with Crippen LogP contribution in [0.15, 0.2) is 67.0 Å². The smallest absolute Gasteiger partial charge is 0.335 e. The van der Waals surface area contributed by atoms with E-state index in [9.17, 15) is 9.90 Å². The average Bonchev–Trinajstić information content (AvgIpc) is 3.53. The molecule has 5 aromatic rings. The number of ether oxygens (including phenoxy) is 2. The van der Waals surface area contributed by atoms with Crippen molar-refractivity contribution in [3.05, 3.63) is 89.6 Å². The third-order valence-electron chi connectivity index (χ3n) is 8.14. The van der Waals surface area contributed by atoms with E-state index in [0.29, 0.717) is 25.6 Å². The van der Waals surface area contributed by atoms with Gasteiger partial charge in [0.15, 0.2) is 0 Å². The summed E-state index contributed by atoms with van der Waals surface area (Å²) >= 11 is 0. The highest BCUT2D eigenvalue weighted by molar-refractivity contribution is 5.92. The average molecular weight is 565 g/mol. The maximum absolute atomic E-state index is 11.6. The van der Waals surface area contributed by atoms with Crippen LogP contribution < -0.4 is 4.74 Å². The van der Waals surface area contributed by atoms with Gasteiger partial charge in [0.25, 0.3) is 0 Å². The molecule has 10 nitrogen and oxygen atoms in total. The topological polar surface area (TPSA) is 108 Å². The Morgan fingerprint density at radius 1 is 1.10 bits per heavy atom. The molecule has 7 rings (SSSR count). The second kappa shape index (κ2) is 11.0. The van der Waals surface area contributed by atoms with Gasteiger partial charge < -0.3 is 23.7 Å². The molecule has 0 aliphatic carbocycles. The summed E-state index contributed by atoms with van der Waals surface area (Å²) in [6, 6.07) is 17.2. The number of carboxylic acid groups (broad SMARTS) is 1. The molecule has 42 heavy (non-hydrogen) atoms. The summed E-state index contributed by atoms with van der Waals surface area (Å²) in [5.41, 5.74) is 7.17. The lowest BCUT2D eigenvalue weighted by Crippen LogP contribution is -2.33. The lowest BCUT2D eigenvalue weighted by Gasteiger charge is -2.29. The zero-order valence-electron chi connectivity index (χ0n) is 23.4. The van der Waals surface area contributed by atoms with E-state index in [0.717, 1.165) is 71.7 Å². The van der Waals surface area contributed by atoms with Crippen LogP contribution in [0.4, 0.5) is 0 Å². The number of fused-ring (bicyclic) bond motifs is 2. The molecule has 0 unspecified atom stereocenters. The van der Waals surface area contributed by atoms with Gasteiger partial charge >= 0.3 is 5.97 Å². The van der Waals surface area contributed by atoms with Crippen LogP contribution in [0.2, 0.25) is 0 Å². The summed E-state index contributed by atoms with van der Waals surface area (Å²) in [7, 11) is 1.99. The standard InChI is InChI=1S/C32H32N6O4/c1-36-20-33-26-7-5-21(15-28(26)36)19-42-31-4-2-3-25(35-31)22-9-12-37(13-10-22)18-30-34-27-8-6-23(32(39)40)16-29(27)38(30)17-24-11-14-41-24/h2-9,15-16,20,24H,10-14,17-19H2,1H3,(H,39,40)/t24-/m0/s1. The molecule has 1 fully saturated rings. The lowest BCUT2D eigenvalue weighted by molar-refractivity contribution is -0.0591. The number of hydrogen-bond donors (Lipinski definition) is 1. The first kappa shape index (κ1) is 26.4. The van der Waals surface area contributed by atoms with Crippen molar-refractivity contribution in [2.45, 2.75) is 38.6 Å². The summed E-state index contributed by atoms with van der Waals surface area (Å²) in [5, 5.41) is 9.51. The van der Waals surface area contributed by atoms with Gasteiger partial charge in [0.05, 0.1) is 58.8 Å². The summed E-state index contributed by atoms with van der Waals surface area (Å²) in [6.45, 7) is 4.20. The third-order valence-corrected chi connectivity index (χ3v) is 8.14. The van der Waals surface area contributed by atoms with Gasteiger partial charge in [-0.05, 0) is 60.4 Å². The van der Waals surface area contributed by atoms with Crippen molar-refractivity contribution in [3.63, 3.8) is 0 Å². The number of imidazole rings is 2. The van der Waals surface area contributed by atoms with E-state index in [1.165, 1.54) is 5.57 Å². The van der Waals surface area contributed by atoms with Crippen molar-refractivity contribution >= 4 is 33.6 Å². The SMILES string of the molecule is Cn1cnc2ccc(COc3cccc(C4=CCN(Cc5nc6ccc(C(=O)O)cc6n5C[C@@H]5CCO5)CC4)n3)cc21. The van der Waals surface area contributed by atoms with Gasteiger partial charge in [-0.2, -0.15) is 0 Å². The molecule has 2 aromatic carbocycles. The van der Waals surface area contributed by atoms with Crippen LogP contribution in [-0.4, -0.2) is 65.9 Å². The molecule has 10 heteroatoms. The summed E-state index contributed by atoms with van der Waals surface area (Å²) in [6.07, 6.45) is 6.06. The normalized spacial score (nSPS) is 17.4. The number of carboxylic acids is 1. The number of aromatic carboxylic acids is 1. The number of rotatable bonds is 9. The Bertz CT molecular complexity index is 1820. The van der Waals surface area contributed by atoms with Gasteiger partial charge in [-0.3, -0.25) is 4.90 Å². The number of pyridine rings is 1. The Labute approximate surface area is 242 Å². The van der Waals surface area contributed by atoms with Gasteiger partial charge in [0.1, 0.15) is 12.4 Å². The van der Waals surface area contributed by atoms with E-state index in [1.54, 1.807) is 18.2 Å². The van der Waals surface area contributed by atoms with Crippen LogP contribution in [-0.2, 0) is 31.5 Å². The number of aromatic nitrogens is 5. The molecule has 3 aromatic heterocycles. The molecule has 0 spiro atoms. The van der Waals surface area contributed by atoms with Crippen LogP contribution in [0.1, 0.15) is 40.3 Å². The van der Waals surface area contributed by atoms with Crippen molar-refractivity contribution in [1.29, 1.82) is 0 Å². The predicted molar refractivity (Wildman–Crippen MR) is 158 cm³/mol. The Morgan fingerprint density at radius 2 is 1.98 bits per heavy atom. The second-order valence-corrected chi connectivity index (χ2v) is 11.0. The van der Waals surface area contributed by atoms with E-state index >= 15 is 0 Å². The van der Waals surface area contributed by atoms with E-state index in [1.807, 2.05) is 48.3 Å². The molecule has 2 aliphatic heterocycles. The van der Waals surface area contributed by atoms with Crippen molar-refractivity contribution < 1.29 is 19.4 Å². The van der Waals surface area contributed by atoms with Crippen molar-refractivity contribution in [2.24, 2.45) is 7.05 Å². The van der Waals surface area contributed by atoms with Gasteiger partial charge in [-0.25, -0.2) is 19.7 Å². The molecule has 1 atom stereocenters. The highest BCUT2D eigenvalue weighted by Crippen LogP contribution is 2.27. The maximum Gasteiger partial charge on any atom is 0.335 e. The zero-order chi connectivity index (χ0) is 28.6. The summed E-state index contributed by atoms with van der Waals surface area (Å²) in [5.74, 6) is 0.598. The van der Waals surface area contributed by atoms with Crippen LogP contribution in [0.3, 0.4) is 0 Å². The van der Waals surface area contributed by atoms with E-state index < -0.39 is 5.97 Å². The quantitative estimate of drug-likeness (QED) is 0.275. The molecular formula is C32H32N6O4. The second-order valence-electron chi connectivity index (χ2n) is 11.0. The monoisotopic (exact) mass is 564 g/mol. The Kier molecular flexibility index (Phi) is 6.93. The van der Waals surface area contributed by atoms with Gasteiger partial charge in [0, 0.05) is 32.8 Å². The molecular weight excluding hydrogens is 532 g/mol. The number of hydrogen-bond acceptors (Lipinski definition) is 7. The maximum atomic E-state index is 11.6. The van der Waals surface area contributed by atoms with Crippen LogP contribution in [0.25, 0.3) is 27.6 Å². The first-order chi connectivity index (χ1) is 20.5. The van der Waals surface area contributed by atoms with E-state index in [-0.39, 0.29) is 11.7 Å². The Hall–Kier alpha value is -4.54. The number of carbonyl (C=O) groups is 1. The zero-order valence-corrected chi connectivity index (χ0v) is 23.4. The van der Waals surface area contributed by atoms with Crippen molar-refractivity contribution in [1.82, 2.24) is 29.0 Å². The molecule has 0 bridgehead atoms. The number of aryl methyl sites for hydroxylation is 1. The van der Waals surface area contributed by atoms with Crippen molar-refractivity contribution in [3.8, 4) is 5.88 Å². The fourth-order valence-electron chi connectivity index (χ4n) is 5.64. The fourth-order valence-corrected chi connectivity index (χ4v) is 5.64. The van der Waals surface area contributed by atoms with Gasteiger partial charge in [-0.1, -0.05) is 18.2 Å². The minimum atomic E-state index is -0.936. The largest absolute Gasteiger partial charge is 0.478 e. The Balaban J connectivity index is 1.04. The number of nitrogens with zero attached hydrogens (tertiary/aromatic N) is 6. The minimum Gasteiger partial charge on any atom is -0.478 e. The molecule has 214 valence electrons. The molecule has 0 saturated carbocycles. The van der Waals surface area contributed by atoms with E-state index in [2.05, 4.69) is 26.6 Å². The van der Waals surface area contributed by atoms with Gasteiger partial charge in [0.2, 0.25) is 5.88 Å². The van der Waals surface area contributed by atoms with Gasteiger partial charge in [-0.15, -0.1) is 0 Å². The fraction of sp³-hybridized carbons (Fsp3) is 0.312. The first-order valence-electron chi connectivity index (χ1n) is 14.3. The van der Waals surface area contributed by atoms with E-state index in [4.69, 9.17) is 19.4 Å². The van der Waals surface area contributed by atoms with Crippen LogP contribution in [0.5, 0.6) is 5.88 Å². The third kappa shape index (κ3) is 5.26. The highest BCUT2D eigenvalue weighted by Gasteiger charge is 2.24. The summed E-state index contributed by atoms with van der Waals surface area (Å²) in [4.78, 5) is 28.0.